The van der Waals surface area contributed by atoms with E-state index in [1.165, 1.54) is 38.8 Å². The zero-order valence-electron chi connectivity index (χ0n) is 10.5. The fourth-order valence-corrected chi connectivity index (χ4v) is 3.33. The summed E-state index contributed by atoms with van der Waals surface area (Å²) in [6, 6.07) is 1.56. The van der Waals surface area contributed by atoms with Crippen molar-refractivity contribution in [2.75, 3.05) is 20.1 Å². The smallest absolute Gasteiger partial charge is 0.0249 e. The highest BCUT2D eigenvalue weighted by Crippen LogP contribution is 2.30. The minimum absolute atomic E-state index is 0.747. The maximum absolute atomic E-state index is 3.52. The van der Waals surface area contributed by atoms with E-state index in [9.17, 15) is 0 Å². The number of rotatable bonds is 2. The summed E-state index contributed by atoms with van der Waals surface area (Å²) in [6.45, 7) is 7.46. The Morgan fingerprint density at radius 1 is 1.00 bits per heavy atom. The normalized spacial score (nSPS) is 43.4. The summed E-state index contributed by atoms with van der Waals surface area (Å²) in [7, 11) is 2.13. The first-order valence-corrected chi connectivity index (χ1v) is 6.63. The number of likely N-dealkylation sites (N-methyl/N-ethyl adjacent to an activating group) is 1. The van der Waals surface area contributed by atoms with Crippen molar-refractivity contribution in [2.24, 2.45) is 11.8 Å². The molecule has 2 aliphatic rings. The van der Waals surface area contributed by atoms with Gasteiger partial charge in [-0.25, -0.2) is 0 Å². The molecular formula is C13H26N2. The molecule has 1 heterocycles. The van der Waals surface area contributed by atoms with Gasteiger partial charge in [0.1, 0.15) is 0 Å². The molecule has 0 bridgehead atoms. The molecule has 4 unspecified atom stereocenters. The average Bonchev–Trinajstić information content (AvgIpc) is 2.59. The lowest BCUT2D eigenvalue weighted by Gasteiger charge is -2.38. The number of nitrogens with zero attached hydrogens (tertiary/aromatic N) is 1. The van der Waals surface area contributed by atoms with Crippen LogP contribution in [0.15, 0.2) is 0 Å². The molecule has 0 aromatic rings. The number of hydrogen-bond acceptors (Lipinski definition) is 2. The van der Waals surface area contributed by atoms with E-state index in [4.69, 9.17) is 0 Å². The summed E-state index contributed by atoms with van der Waals surface area (Å²) in [5.41, 5.74) is 0. The molecule has 0 spiro atoms. The Labute approximate surface area is 94.4 Å². The van der Waals surface area contributed by atoms with Gasteiger partial charge in [0, 0.05) is 25.2 Å². The molecule has 4 atom stereocenters. The lowest BCUT2D eigenvalue weighted by Crippen LogP contribution is -2.50. The molecule has 88 valence electrons. The second-order valence-electron chi connectivity index (χ2n) is 5.66. The van der Waals surface area contributed by atoms with Crippen LogP contribution in [0.4, 0.5) is 0 Å². The van der Waals surface area contributed by atoms with Crippen molar-refractivity contribution >= 4 is 0 Å². The SMILES string of the molecule is CNC1CCCCC1N1CC(C)C(C)C1. The third kappa shape index (κ3) is 2.36. The highest BCUT2D eigenvalue weighted by atomic mass is 15.2. The summed E-state index contributed by atoms with van der Waals surface area (Å²) >= 11 is 0. The van der Waals surface area contributed by atoms with Crippen LogP contribution >= 0.6 is 0 Å². The molecule has 1 saturated heterocycles. The van der Waals surface area contributed by atoms with Crippen LogP contribution in [0.3, 0.4) is 0 Å². The van der Waals surface area contributed by atoms with Crippen LogP contribution in [-0.4, -0.2) is 37.1 Å². The zero-order valence-corrected chi connectivity index (χ0v) is 10.5. The van der Waals surface area contributed by atoms with Gasteiger partial charge in [0.15, 0.2) is 0 Å². The van der Waals surface area contributed by atoms with Crippen molar-refractivity contribution in [3.63, 3.8) is 0 Å². The van der Waals surface area contributed by atoms with E-state index in [0.29, 0.717) is 0 Å². The summed E-state index contributed by atoms with van der Waals surface area (Å²) in [6.07, 6.45) is 5.63. The Balaban J connectivity index is 1.96. The van der Waals surface area contributed by atoms with Crippen LogP contribution in [0.5, 0.6) is 0 Å². The van der Waals surface area contributed by atoms with Crippen LogP contribution in [0.25, 0.3) is 0 Å². The predicted octanol–water partition coefficient (Wildman–Crippen LogP) is 2.10. The number of likely N-dealkylation sites (tertiary alicyclic amines) is 1. The molecule has 2 rings (SSSR count). The molecule has 1 aliphatic carbocycles. The molecular weight excluding hydrogens is 184 g/mol. The highest BCUT2D eigenvalue weighted by Gasteiger charge is 2.35. The molecule has 1 N–H and O–H groups in total. The Hall–Kier alpha value is -0.0800. The molecule has 1 saturated carbocycles. The maximum Gasteiger partial charge on any atom is 0.0249 e. The van der Waals surface area contributed by atoms with Crippen LogP contribution in [0.1, 0.15) is 39.5 Å². The summed E-state index contributed by atoms with van der Waals surface area (Å²) in [4.78, 5) is 2.75. The van der Waals surface area contributed by atoms with Crippen molar-refractivity contribution in [3.05, 3.63) is 0 Å². The molecule has 2 fully saturated rings. The van der Waals surface area contributed by atoms with Gasteiger partial charge in [0.25, 0.3) is 0 Å². The van der Waals surface area contributed by atoms with E-state index in [0.717, 1.165) is 23.9 Å². The molecule has 0 radical (unpaired) electrons. The second-order valence-corrected chi connectivity index (χ2v) is 5.66. The van der Waals surface area contributed by atoms with Crippen LogP contribution in [0.2, 0.25) is 0 Å². The molecule has 0 aromatic heterocycles. The van der Waals surface area contributed by atoms with Gasteiger partial charge in [-0.1, -0.05) is 26.7 Å². The van der Waals surface area contributed by atoms with Crippen molar-refractivity contribution in [3.8, 4) is 0 Å². The van der Waals surface area contributed by atoms with Crippen LogP contribution in [-0.2, 0) is 0 Å². The largest absolute Gasteiger partial charge is 0.315 e. The van der Waals surface area contributed by atoms with E-state index < -0.39 is 0 Å². The Bertz CT molecular complexity index is 195. The van der Waals surface area contributed by atoms with Crippen molar-refractivity contribution in [1.29, 1.82) is 0 Å². The van der Waals surface area contributed by atoms with Gasteiger partial charge >= 0.3 is 0 Å². The molecule has 0 amide bonds. The van der Waals surface area contributed by atoms with E-state index in [2.05, 4.69) is 31.1 Å². The summed E-state index contributed by atoms with van der Waals surface area (Å²) < 4.78 is 0. The summed E-state index contributed by atoms with van der Waals surface area (Å²) in [5.74, 6) is 1.79. The zero-order chi connectivity index (χ0) is 10.8. The van der Waals surface area contributed by atoms with Crippen LogP contribution in [0, 0.1) is 11.8 Å². The first kappa shape index (κ1) is 11.4. The quantitative estimate of drug-likeness (QED) is 0.751. The van der Waals surface area contributed by atoms with E-state index in [-0.39, 0.29) is 0 Å². The fraction of sp³-hybridized carbons (Fsp3) is 1.00. The Morgan fingerprint density at radius 3 is 2.20 bits per heavy atom. The van der Waals surface area contributed by atoms with E-state index >= 15 is 0 Å². The number of hydrogen-bond donors (Lipinski definition) is 1. The van der Waals surface area contributed by atoms with Crippen molar-refractivity contribution < 1.29 is 0 Å². The lowest BCUT2D eigenvalue weighted by molar-refractivity contribution is 0.147. The predicted molar refractivity (Wildman–Crippen MR) is 65.0 cm³/mol. The van der Waals surface area contributed by atoms with Gasteiger partial charge in [-0.15, -0.1) is 0 Å². The van der Waals surface area contributed by atoms with Gasteiger partial charge in [0.05, 0.1) is 0 Å². The molecule has 2 nitrogen and oxygen atoms in total. The lowest BCUT2D eigenvalue weighted by atomic mass is 9.89. The monoisotopic (exact) mass is 210 g/mol. The Morgan fingerprint density at radius 2 is 1.60 bits per heavy atom. The molecule has 15 heavy (non-hydrogen) atoms. The fourth-order valence-electron chi connectivity index (χ4n) is 3.33. The first-order valence-electron chi connectivity index (χ1n) is 6.63. The standard InChI is InChI=1S/C13H26N2/c1-10-8-15(9-11(10)2)13-7-5-4-6-12(13)14-3/h10-14H,4-9H2,1-3H3. The van der Waals surface area contributed by atoms with Gasteiger partial charge in [0.2, 0.25) is 0 Å². The molecule has 2 heteroatoms. The second kappa shape index (κ2) is 4.84. The van der Waals surface area contributed by atoms with E-state index in [1.54, 1.807) is 0 Å². The topological polar surface area (TPSA) is 15.3 Å². The van der Waals surface area contributed by atoms with E-state index in [1.807, 2.05) is 0 Å². The third-order valence-electron chi connectivity index (χ3n) is 4.59. The number of nitrogens with one attached hydrogen (secondary N) is 1. The first-order chi connectivity index (χ1) is 7.22. The Kier molecular flexibility index (Phi) is 3.68. The van der Waals surface area contributed by atoms with Gasteiger partial charge in [-0.2, -0.15) is 0 Å². The van der Waals surface area contributed by atoms with Crippen LogP contribution < -0.4 is 5.32 Å². The van der Waals surface area contributed by atoms with Crippen molar-refractivity contribution in [2.45, 2.75) is 51.6 Å². The minimum atomic E-state index is 0.747. The third-order valence-corrected chi connectivity index (χ3v) is 4.59. The summed E-state index contributed by atoms with van der Waals surface area (Å²) in [5, 5.41) is 3.52. The van der Waals surface area contributed by atoms with Gasteiger partial charge < -0.3 is 5.32 Å². The van der Waals surface area contributed by atoms with Crippen molar-refractivity contribution in [1.82, 2.24) is 10.2 Å². The minimum Gasteiger partial charge on any atom is -0.315 e. The molecule has 0 aromatic carbocycles. The van der Waals surface area contributed by atoms with Gasteiger partial charge in [-0.3, -0.25) is 4.90 Å². The highest BCUT2D eigenvalue weighted by molar-refractivity contribution is 4.92. The molecule has 1 aliphatic heterocycles. The maximum atomic E-state index is 3.52. The van der Waals surface area contributed by atoms with Gasteiger partial charge in [-0.05, 0) is 31.7 Å². The average molecular weight is 210 g/mol.